The maximum atomic E-state index is 11.0. The number of carbonyl (C=O) groups excluding carboxylic acids is 1. The molecule has 0 N–H and O–H groups in total. The molecule has 0 radical (unpaired) electrons. The van der Waals surface area contributed by atoms with Crippen molar-refractivity contribution in [3.63, 3.8) is 0 Å². The van der Waals surface area contributed by atoms with Crippen LogP contribution >= 0.6 is 0 Å². The molecular formula is C50H100O20. The van der Waals surface area contributed by atoms with Gasteiger partial charge in [-0.3, -0.25) is 4.79 Å². The smallest absolute Gasteiger partial charge is 0.307 e. The van der Waals surface area contributed by atoms with E-state index in [1.165, 1.54) is 64.9 Å². The average molecular weight is 1020 g/mol. The summed E-state index contributed by atoms with van der Waals surface area (Å²) in [7, 11) is 1.35. The lowest BCUT2D eigenvalue weighted by molar-refractivity contribution is -0.141. The highest BCUT2D eigenvalue weighted by Crippen LogP contribution is 2.10. The molecule has 0 aromatic rings. The topological polar surface area (TPSA) is 192 Å². The molecule has 0 rings (SSSR count). The molecule has 20 heteroatoms. The molecule has 0 bridgehead atoms. The highest BCUT2D eigenvalue weighted by atomic mass is 16.6. The molecule has 0 atom stereocenters. The van der Waals surface area contributed by atoms with E-state index < -0.39 is 0 Å². The van der Waals surface area contributed by atoms with Crippen molar-refractivity contribution in [2.75, 3.05) is 245 Å². The van der Waals surface area contributed by atoms with Crippen molar-refractivity contribution in [1.29, 1.82) is 0 Å². The lowest BCUT2D eigenvalue weighted by atomic mass is 10.1. The maximum Gasteiger partial charge on any atom is 0.307 e. The standard InChI is InChI=1S/C50H100O20/c1-3-4-5-6-7-8-9-10-11-12-14-53-16-18-55-20-22-57-24-26-59-28-30-61-32-34-63-36-38-65-40-42-67-44-46-69-48-49-70-47-45-68-43-41-66-39-37-64-35-33-62-31-29-60-27-25-58-23-21-56-19-17-54-15-13-50(51)52-2/h3-49H2,1-2H3. The molecule has 0 aliphatic rings. The van der Waals surface area contributed by atoms with E-state index in [4.69, 9.17) is 85.3 Å². The SMILES string of the molecule is CCCCCCCCCCCCOCCOCCOCCOCCOCCOCCOCCOCCOCCOCCOCCOCCOCCOCCOCCOCCOCCOCCC(=O)OC. The second-order valence-electron chi connectivity index (χ2n) is 15.5. The van der Waals surface area contributed by atoms with Gasteiger partial charge in [0.15, 0.2) is 0 Å². The molecule has 0 heterocycles. The minimum atomic E-state index is -0.289. The summed E-state index contributed by atoms with van der Waals surface area (Å²) in [5, 5.41) is 0. The van der Waals surface area contributed by atoms with Crippen LogP contribution < -0.4 is 0 Å². The highest BCUT2D eigenvalue weighted by Gasteiger charge is 2.01. The number of unbranched alkanes of at least 4 members (excludes halogenated alkanes) is 9. The summed E-state index contributed by atoms with van der Waals surface area (Å²) in [6, 6.07) is 0. The van der Waals surface area contributed by atoms with Gasteiger partial charge in [-0.1, -0.05) is 64.7 Å². The molecule has 0 aliphatic heterocycles. The summed E-state index contributed by atoms with van der Waals surface area (Å²) < 4.78 is 104. The fourth-order valence-electron chi connectivity index (χ4n) is 5.79. The summed E-state index contributed by atoms with van der Waals surface area (Å²) in [5.74, 6) is -0.289. The molecule has 0 saturated heterocycles. The zero-order chi connectivity index (χ0) is 50.2. The van der Waals surface area contributed by atoms with Crippen LogP contribution in [0, 0.1) is 0 Å². The van der Waals surface area contributed by atoms with Gasteiger partial charge in [-0.05, 0) is 6.42 Å². The van der Waals surface area contributed by atoms with Gasteiger partial charge < -0.3 is 90.0 Å². The normalized spacial score (nSPS) is 11.6. The summed E-state index contributed by atoms with van der Waals surface area (Å²) in [6.07, 6.45) is 13.6. The van der Waals surface area contributed by atoms with Gasteiger partial charge in [-0.25, -0.2) is 0 Å². The second kappa shape index (κ2) is 65.8. The Kier molecular flexibility index (Phi) is 64.6. The molecule has 20 nitrogen and oxygen atoms in total. The van der Waals surface area contributed by atoms with Crippen molar-refractivity contribution in [2.24, 2.45) is 0 Å². The van der Waals surface area contributed by atoms with E-state index in [0.29, 0.717) is 231 Å². The first-order valence-corrected chi connectivity index (χ1v) is 26.3. The van der Waals surface area contributed by atoms with Crippen LogP contribution in [0.1, 0.15) is 77.6 Å². The lowest BCUT2D eigenvalue weighted by Crippen LogP contribution is -2.16. The van der Waals surface area contributed by atoms with Crippen LogP contribution in [0.15, 0.2) is 0 Å². The Hall–Kier alpha value is -1.25. The van der Waals surface area contributed by atoms with Gasteiger partial charge in [-0.15, -0.1) is 0 Å². The van der Waals surface area contributed by atoms with Crippen LogP contribution in [0.4, 0.5) is 0 Å². The lowest BCUT2D eigenvalue weighted by Gasteiger charge is -2.09. The van der Waals surface area contributed by atoms with Crippen molar-refractivity contribution < 1.29 is 94.8 Å². The molecule has 0 unspecified atom stereocenters. The van der Waals surface area contributed by atoms with Crippen LogP contribution in [-0.4, -0.2) is 251 Å². The number of rotatable bonds is 65. The van der Waals surface area contributed by atoms with Gasteiger partial charge in [0.2, 0.25) is 0 Å². The van der Waals surface area contributed by atoms with E-state index in [1.807, 2.05) is 0 Å². The Morgan fingerprint density at radius 2 is 0.371 bits per heavy atom. The minimum absolute atomic E-state index is 0.240. The molecule has 0 fully saturated rings. The van der Waals surface area contributed by atoms with Crippen LogP contribution in [0.5, 0.6) is 0 Å². The van der Waals surface area contributed by atoms with Crippen molar-refractivity contribution in [1.82, 2.24) is 0 Å². The van der Waals surface area contributed by atoms with Gasteiger partial charge in [0.25, 0.3) is 0 Å². The number of carbonyl (C=O) groups is 1. The zero-order valence-corrected chi connectivity index (χ0v) is 43.9. The van der Waals surface area contributed by atoms with Gasteiger partial charge in [0, 0.05) is 6.61 Å². The Labute approximate surface area is 422 Å². The third kappa shape index (κ3) is 64.8. The average Bonchev–Trinajstić information content (AvgIpc) is 3.37. The van der Waals surface area contributed by atoms with E-state index in [2.05, 4.69) is 11.7 Å². The van der Waals surface area contributed by atoms with E-state index in [1.54, 1.807) is 0 Å². The largest absolute Gasteiger partial charge is 0.469 e. The number of ether oxygens (including phenoxy) is 19. The Balaban J connectivity index is 3.08. The van der Waals surface area contributed by atoms with Gasteiger partial charge in [0.1, 0.15) is 0 Å². The molecule has 0 saturated carbocycles. The molecule has 0 amide bonds. The van der Waals surface area contributed by atoms with E-state index in [9.17, 15) is 4.79 Å². The third-order valence-electron chi connectivity index (χ3n) is 9.64. The summed E-state index contributed by atoms with van der Waals surface area (Å²) >= 11 is 0. The van der Waals surface area contributed by atoms with E-state index >= 15 is 0 Å². The van der Waals surface area contributed by atoms with Crippen LogP contribution in [0.3, 0.4) is 0 Å². The minimum Gasteiger partial charge on any atom is -0.469 e. The van der Waals surface area contributed by atoms with Crippen LogP contribution in [0.2, 0.25) is 0 Å². The monoisotopic (exact) mass is 1020 g/mol. The van der Waals surface area contributed by atoms with Crippen molar-refractivity contribution >= 4 is 5.97 Å². The van der Waals surface area contributed by atoms with Crippen molar-refractivity contribution in [3.05, 3.63) is 0 Å². The number of methoxy groups -OCH3 is 1. The fourth-order valence-corrected chi connectivity index (χ4v) is 5.79. The van der Waals surface area contributed by atoms with Crippen LogP contribution in [0.25, 0.3) is 0 Å². The number of hydrogen-bond donors (Lipinski definition) is 0. The first-order valence-electron chi connectivity index (χ1n) is 26.3. The quantitative estimate of drug-likeness (QED) is 0.0597. The zero-order valence-electron chi connectivity index (χ0n) is 43.9. The number of esters is 1. The second-order valence-corrected chi connectivity index (χ2v) is 15.5. The molecule has 0 aliphatic carbocycles. The first-order chi connectivity index (χ1) is 34.8. The molecule has 0 aromatic heterocycles. The van der Waals surface area contributed by atoms with Gasteiger partial charge >= 0.3 is 5.97 Å². The van der Waals surface area contributed by atoms with Crippen molar-refractivity contribution in [2.45, 2.75) is 77.6 Å². The summed E-state index contributed by atoms with van der Waals surface area (Å²) in [5.41, 5.74) is 0. The van der Waals surface area contributed by atoms with Crippen LogP contribution in [-0.2, 0) is 94.8 Å². The summed E-state index contributed by atoms with van der Waals surface area (Å²) in [4.78, 5) is 11.0. The predicted octanol–water partition coefficient (Wildman–Crippen LogP) is 4.77. The third-order valence-corrected chi connectivity index (χ3v) is 9.64. The Bertz CT molecular complexity index is 945. The van der Waals surface area contributed by atoms with E-state index in [0.717, 1.165) is 13.0 Å². The molecule has 0 spiro atoms. The molecule has 0 aromatic carbocycles. The molecule has 70 heavy (non-hydrogen) atoms. The van der Waals surface area contributed by atoms with Gasteiger partial charge in [0.05, 0.1) is 245 Å². The van der Waals surface area contributed by atoms with Crippen molar-refractivity contribution in [3.8, 4) is 0 Å². The first kappa shape index (κ1) is 68.8. The molecule has 420 valence electrons. The highest BCUT2D eigenvalue weighted by molar-refractivity contribution is 5.69. The maximum absolute atomic E-state index is 11.0. The Morgan fingerprint density at radius 3 is 0.557 bits per heavy atom. The predicted molar refractivity (Wildman–Crippen MR) is 263 cm³/mol. The molecular weight excluding hydrogens is 921 g/mol. The summed E-state index contributed by atoms with van der Waals surface area (Å²) in [6.45, 7) is 20.5. The fraction of sp³-hybridized carbons (Fsp3) is 0.980. The number of hydrogen-bond acceptors (Lipinski definition) is 20. The van der Waals surface area contributed by atoms with E-state index in [-0.39, 0.29) is 12.4 Å². The Morgan fingerprint density at radius 1 is 0.214 bits per heavy atom. The van der Waals surface area contributed by atoms with Gasteiger partial charge in [-0.2, -0.15) is 0 Å².